The summed E-state index contributed by atoms with van der Waals surface area (Å²) in [5.74, 6) is 0.752. The van der Waals surface area contributed by atoms with Gasteiger partial charge in [-0.15, -0.1) is 0 Å². The van der Waals surface area contributed by atoms with Crippen LogP contribution in [0.25, 0.3) is 0 Å². The highest BCUT2D eigenvalue weighted by atomic mass is 16.5. The van der Waals surface area contributed by atoms with Gasteiger partial charge in [-0.05, 0) is 13.0 Å². The molecule has 0 spiro atoms. The van der Waals surface area contributed by atoms with Crippen molar-refractivity contribution >= 4 is 11.4 Å². The zero-order valence-corrected chi connectivity index (χ0v) is 12.2. The first-order chi connectivity index (χ1) is 9.12. The summed E-state index contributed by atoms with van der Waals surface area (Å²) in [6, 6.07) is 5.94. The summed E-state index contributed by atoms with van der Waals surface area (Å²) < 4.78 is 15.7. The highest BCUT2D eigenvalue weighted by Gasteiger charge is 2.15. The topological polar surface area (TPSA) is 57.0 Å². The fourth-order valence-corrected chi connectivity index (χ4v) is 2.01. The highest BCUT2D eigenvalue weighted by Crippen LogP contribution is 2.26. The van der Waals surface area contributed by atoms with Crippen LogP contribution in [-0.2, 0) is 9.47 Å². The molecule has 0 fully saturated rings. The van der Waals surface area contributed by atoms with Gasteiger partial charge in [0.2, 0.25) is 0 Å². The molecule has 1 rings (SSSR count). The van der Waals surface area contributed by atoms with Gasteiger partial charge in [-0.1, -0.05) is 0 Å². The SMILES string of the molecule is COCCN(c1cc(N)cc(OC)c1)C(C)COC. The number of hydrogen-bond donors (Lipinski definition) is 1. The van der Waals surface area contributed by atoms with E-state index in [1.54, 1.807) is 27.4 Å². The predicted octanol–water partition coefficient (Wildman–Crippen LogP) is 1.77. The first kappa shape index (κ1) is 15.6. The molecule has 1 atom stereocenters. The van der Waals surface area contributed by atoms with Crippen molar-refractivity contribution in [1.82, 2.24) is 0 Å². The van der Waals surface area contributed by atoms with E-state index in [2.05, 4.69) is 11.8 Å². The van der Waals surface area contributed by atoms with E-state index in [4.69, 9.17) is 19.9 Å². The lowest BCUT2D eigenvalue weighted by molar-refractivity contribution is 0.171. The lowest BCUT2D eigenvalue weighted by Gasteiger charge is -2.31. The van der Waals surface area contributed by atoms with Crippen LogP contribution >= 0.6 is 0 Å². The average molecular weight is 268 g/mol. The van der Waals surface area contributed by atoms with E-state index in [1.807, 2.05) is 12.1 Å². The monoisotopic (exact) mass is 268 g/mol. The van der Waals surface area contributed by atoms with Crippen LogP contribution in [0.5, 0.6) is 5.75 Å². The van der Waals surface area contributed by atoms with E-state index in [-0.39, 0.29) is 6.04 Å². The van der Waals surface area contributed by atoms with Gasteiger partial charge in [0.15, 0.2) is 0 Å². The lowest BCUT2D eigenvalue weighted by Crippen LogP contribution is -2.38. The Morgan fingerprint density at radius 2 is 1.89 bits per heavy atom. The van der Waals surface area contributed by atoms with Crippen molar-refractivity contribution in [2.45, 2.75) is 13.0 Å². The lowest BCUT2D eigenvalue weighted by atomic mass is 10.2. The van der Waals surface area contributed by atoms with Crippen LogP contribution in [0, 0.1) is 0 Å². The fourth-order valence-electron chi connectivity index (χ4n) is 2.01. The summed E-state index contributed by atoms with van der Waals surface area (Å²) in [5.41, 5.74) is 7.60. The second kappa shape index (κ2) is 7.86. The van der Waals surface area contributed by atoms with E-state index in [9.17, 15) is 0 Å². The second-order valence-electron chi connectivity index (χ2n) is 4.45. The highest BCUT2D eigenvalue weighted by molar-refractivity contribution is 5.61. The molecule has 0 saturated heterocycles. The molecule has 0 aliphatic heterocycles. The standard InChI is InChI=1S/C14H24N2O3/c1-11(10-18-3)16(5-6-17-2)13-7-12(15)8-14(9-13)19-4/h7-9,11H,5-6,10,15H2,1-4H3. The molecular formula is C14H24N2O3. The molecule has 1 unspecified atom stereocenters. The van der Waals surface area contributed by atoms with Crippen LogP contribution in [-0.4, -0.2) is 47.1 Å². The summed E-state index contributed by atoms with van der Waals surface area (Å²) in [6.07, 6.45) is 0. The van der Waals surface area contributed by atoms with Crippen molar-refractivity contribution < 1.29 is 14.2 Å². The molecule has 0 radical (unpaired) electrons. The number of anilines is 2. The Balaban J connectivity index is 2.97. The number of hydrogen-bond acceptors (Lipinski definition) is 5. The van der Waals surface area contributed by atoms with Crippen LogP contribution in [0.15, 0.2) is 18.2 Å². The van der Waals surface area contributed by atoms with Crippen LogP contribution < -0.4 is 15.4 Å². The van der Waals surface area contributed by atoms with Crippen LogP contribution in [0.3, 0.4) is 0 Å². The Kier molecular flexibility index (Phi) is 6.45. The van der Waals surface area contributed by atoms with E-state index in [0.29, 0.717) is 18.9 Å². The average Bonchev–Trinajstić information content (AvgIpc) is 2.39. The summed E-state index contributed by atoms with van der Waals surface area (Å²) in [6.45, 7) is 4.16. The Morgan fingerprint density at radius 1 is 1.16 bits per heavy atom. The number of nitrogens with two attached hydrogens (primary N) is 1. The molecule has 1 aromatic carbocycles. The second-order valence-corrected chi connectivity index (χ2v) is 4.45. The molecule has 0 bridgehead atoms. The van der Waals surface area contributed by atoms with Crippen LogP contribution in [0.1, 0.15) is 6.92 Å². The number of benzene rings is 1. The molecule has 2 N–H and O–H groups in total. The zero-order valence-electron chi connectivity index (χ0n) is 12.2. The van der Waals surface area contributed by atoms with Gasteiger partial charge in [-0.2, -0.15) is 0 Å². The Morgan fingerprint density at radius 3 is 2.47 bits per heavy atom. The minimum atomic E-state index is 0.228. The molecule has 0 saturated carbocycles. The van der Waals surface area contributed by atoms with Gasteiger partial charge in [0.1, 0.15) is 5.75 Å². The molecule has 1 aromatic rings. The molecule has 19 heavy (non-hydrogen) atoms. The molecule has 0 aliphatic rings. The third-order valence-corrected chi connectivity index (χ3v) is 2.96. The van der Waals surface area contributed by atoms with E-state index >= 15 is 0 Å². The quantitative estimate of drug-likeness (QED) is 0.728. The van der Waals surface area contributed by atoms with Crippen molar-refractivity contribution in [3.05, 3.63) is 18.2 Å². The number of nitrogen functional groups attached to an aromatic ring is 1. The molecule has 0 heterocycles. The van der Waals surface area contributed by atoms with Crippen molar-refractivity contribution in [3.8, 4) is 5.75 Å². The Bertz CT molecular complexity index is 385. The van der Waals surface area contributed by atoms with Gasteiger partial charge >= 0.3 is 0 Å². The fraction of sp³-hybridized carbons (Fsp3) is 0.571. The maximum absolute atomic E-state index is 5.91. The molecule has 5 heteroatoms. The van der Waals surface area contributed by atoms with Gasteiger partial charge in [0.05, 0.1) is 20.3 Å². The maximum Gasteiger partial charge on any atom is 0.122 e. The van der Waals surface area contributed by atoms with Gasteiger partial charge in [0, 0.05) is 50.3 Å². The summed E-state index contributed by atoms with van der Waals surface area (Å²) in [4.78, 5) is 2.20. The van der Waals surface area contributed by atoms with Gasteiger partial charge in [-0.3, -0.25) is 0 Å². The number of rotatable bonds is 8. The zero-order chi connectivity index (χ0) is 14.3. The van der Waals surface area contributed by atoms with Crippen LogP contribution in [0.2, 0.25) is 0 Å². The number of nitrogens with zero attached hydrogens (tertiary/aromatic N) is 1. The van der Waals surface area contributed by atoms with Crippen molar-refractivity contribution in [3.63, 3.8) is 0 Å². The van der Waals surface area contributed by atoms with Crippen molar-refractivity contribution in [2.75, 3.05) is 51.7 Å². The third-order valence-electron chi connectivity index (χ3n) is 2.96. The van der Waals surface area contributed by atoms with E-state index in [0.717, 1.165) is 18.0 Å². The molecular weight excluding hydrogens is 244 g/mol. The third kappa shape index (κ3) is 4.61. The molecule has 5 nitrogen and oxygen atoms in total. The van der Waals surface area contributed by atoms with Gasteiger partial charge in [0.25, 0.3) is 0 Å². The minimum Gasteiger partial charge on any atom is -0.497 e. The minimum absolute atomic E-state index is 0.228. The first-order valence-electron chi connectivity index (χ1n) is 6.31. The van der Waals surface area contributed by atoms with Crippen LogP contribution in [0.4, 0.5) is 11.4 Å². The van der Waals surface area contributed by atoms with E-state index in [1.165, 1.54) is 0 Å². The number of ether oxygens (including phenoxy) is 3. The smallest absolute Gasteiger partial charge is 0.122 e. The predicted molar refractivity (Wildman–Crippen MR) is 78.0 cm³/mol. The number of methoxy groups -OCH3 is 3. The van der Waals surface area contributed by atoms with E-state index < -0.39 is 0 Å². The van der Waals surface area contributed by atoms with Gasteiger partial charge in [-0.25, -0.2) is 0 Å². The molecule has 0 aromatic heterocycles. The molecule has 0 aliphatic carbocycles. The largest absolute Gasteiger partial charge is 0.497 e. The van der Waals surface area contributed by atoms with Crippen molar-refractivity contribution in [2.24, 2.45) is 0 Å². The maximum atomic E-state index is 5.91. The molecule has 108 valence electrons. The van der Waals surface area contributed by atoms with Gasteiger partial charge < -0.3 is 24.8 Å². The van der Waals surface area contributed by atoms with Crippen molar-refractivity contribution in [1.29, 1.82) is 0 Å². The first-order valence-corrected chi connectivity index (χ1v) is 6.31. The summed E-state index contributed by atoms with van der Waals surface area (Å²) in [7, 11) is 5.03. The summed E-state index contributed by atoms with van der Waals surface area (Å²) >= 11 is 0. The Hall–Kier alpha value is -1.46. The summed E-state index contributed by atoms with van der Waals surface area (Å²) in [5, 5.41) is 0. The molecule has 0 amide bonds. The Labute approximate surface area is 115 Å². The normalized spacial score (nSPS) is 12.2.